The minimum absolute atomic E-state index is 0.167. The zero-order valence-electron chi connectivity index (χ0n) is 13.7. The Morgan fingerprint density at radius 2 is 1.60 bits per heavy atom. The minimum atomic E-state index is -0.668. The van der Waals surface area contributed by atoms with Crippen molar-refractivity contribution in [2.45, 2.75) is 44.6 Å². The van der Waals surface area contributed by atoms with E-state index in [4.69, 9.17) is 44.3 Å². The van der Waals surface area contributed by atoms with Crippen molar-refractivity contribution in [3.8, 4) is 5.75 Å². The Morgan fingerprint density at radius 1 is 0.960 bits per heavy atom. The molecule has 0 aromatic heterocycles. The lowest BCUT2D eigenvalue weighted by atomic mass is 10.1. The highest BCUT2D eigenvalue weighted by Gasteiger charge is 2.16. The van der Waals surface area contributed by atoms with E-state index in [0.29, 0.717) is 0 Å². The number of ether oxygens (including phenoxy) is 2. The number of esters is 1. The molecule has 1 aliphatic carbocycles. The molecule has 1 aliphatic rings. The van der Waals surface area contributed by atoms with Crippen LogP contribution in [0.4, 0.5) is 0 Å². The van der Waals surface area contributed by atoms with Crippen LogP contribution in [-0.4, -0.2) is 31.1 Å². The maximum Gasteiger partial charge on any atom is 0.344 e. The van der Waals surface area contributed by atoms with E-state index in [1.807, 2.05) is 0 Å². The average molecular weight is 409 g/mol. The predicted octanol–water partition coefficient (Wildman–Crippen LogP) is 4.41. The van der Waals surface area contributed by atoms with Gasteiger partial charge in [0.15, 0.2) is 13.2 Å². The lowest BCUT2D eigenvalue weighted by molar-refractivity contribution is -0.150. The van der Waals surface area contributed by atoms with Crippen molar-refractivity contribution in [2.24, 2.45) is 0 Å². The zero-order valence-corrected chi connectivity index (χ0v) is 15.9. The van der Waals surface area contributed by atoms with E-state index in [9.17, 15) is 9.59 Å². The molecule has 1 aromatic rings. The Bertz CT molecular complexity index is 616. The summed E-state index contributed by atoms with van der Waals surface area (Å²) in [4.78, 5) is 23.6. The molecule has 1 N–H and O–H groups in total. The Morgan fingerprint density at radius 3 is 2.28 bits per heavy atom. The van der Waals surface area contributed by atoms with Gasteiger partial charge in [-0.05, 0) is 18.9 Å². The molecule has 0 radical (unpaired) electrons. The summed E-state index contributed by atoms with van der Waals surface area (Å²) in [7, 11) is 0. The van der Waals surface area contributed by atoms with Gasteiger partial charge in [-0.2, -0.15) is 0 Å². The smallest absolute Gasteiger partial charge is 0.344 e. The first-order valence-electron chi connectivity index (χ1n) is 8.18. The second-order valence-corrected chi connectivity index (χ2v) is 7.12. The van der Waals surface area contributed by atoms with E-state index >= 15 is 0 Å². The predicted molar refractivity (Wildman–Crippen MR) is 97.6 cm³/mol. The van der Waals surface area contributed by atoms with Gasteiger partial charge in [-0.1, -0.05) is 60.5 Å². The van der Waals surface area contributed by atoms with Gasteiger partial charge in [0.05, 0.1) is 15.1 Å². The normalized spacial score (nSPS) is 15.3. The van der Waals surface area contributed by atoms with Crippen LogP contribution in [0, 0.1) is 0 Å². The third-order valence-electron chi connectivity index (χ3n) is 3.90. The first-order chi connectivity index (χ1) is 12.0. The summed E-state index contributed by atoms with van der Waals surface area (Å²) in [5.41, 5.74) is 0. The molecular formula is C17H20Cl3NO4. The van der Waals surface area contributed by atoms with Gasteiger partial charge >= 0.3 is 5.97 Å². The van der Waals surface area contributed by atoms with Crippen LogP contribution in [0.2, 0.25) is 15.1 Å². The van der Waals surface area contributed by atoms with E-state index in [0.717, 1.165) is 25.7 Å². The van der Waals surface area contributed by atoms with Crippen LogP contribution >= 0.6 is 34.8 Å². The monoisotopic (exact) mass is 407 g/mol. The number of hydrogen-bond acceptors (Lipinski definition) is 4. The first-order valence-corrected chi connectivity index (χ1v) is 9.31. The average Bonchev–Trinajstić information content (AvgIpc) is 2.83. The number of halogens is 3. The summed E-state index contributed by atoms with van der Waals surface area (Å²) in [6.45, 7) is -0.706. The fraction of sp³-hybridized carbons (Fsp3) is 0.529. The molecule has 8 heteroatoms. The van der Waals surface area contributed by atoms with Gasteiger partial charge in [-0.3, -0.25) is 4.79 Å². The molecule has 2 rings (SSSR count). The molecule has 0 unspecified atom stereocenters. The summed E-state index contributed by atoms with van der Waals surface area (Å²) in [6.07, 6.45) is 6.58. The van der Waals surface area contributed by atoms with Crippen LogP contribution in [0.25, 0.3) is 0 Å². The van der Waals surface area contributed by atoms with E-state index in [2.05, 4.69) is 5.32 Å². The second kappa shape index (κ2) is 10.1. The van der Waals surface area contributed by atoms with Crippen molar-refractivity contribution in [3.05, 3.63) is 27.2 Å². The molecule has 1 aromatic carbocycles. The van der Waals surface area contributed by atoms with Crippen LogP contribution in [0.3, 0.4) is 0 Å². The lowest BCUT2D eigenvalue weighted by Crippen LogP contribution is -2.37. The quantitative estimate of drug-likeness (QED) is 0.430. The molecule has 0 atom stereocenters. The molecular weight excluding hydrogens is 389 g/mol. The number of nitrogens with one attached hydrogen (secondary N) is 1. The summed E-state index contributed by atoms with van der Waals surface area (Å²) in [6, 6.07) is 3.00. The molecule has 138 valence electrons. The lowest BCUT2D eigenvalue weighted by Gasteiger charge is -2.16. The van der Waals surface area contributed by atoms with Gasteiger partial charge in [-0.25, -0.2) is 4.79 Å². The van der Waals surface area contributed by atoms with Crippen molar-refractivity contribution in [3.63, 3.8) is 0 Å². The van der Waals surface area contributed by atoms with Crippen molar-refractivity contribution in [1.82, 2.24) is 5.32 Å². The molecule has 0 saturated heterocycles. The number of carbonyl (C=O) groups excluding carboxylic acids is 2. The SMILES string of the molecule is O=C(COC(=O)COc1cc(Cl)c(Cl)cc1Cl)NC1CCCCCC1. The Hall–Kier alpha value is -1.17. The molecule has 1 amide bonds. The fourth-order valence-corrected chi connectivity index (χ4v) is 3.22. The van der Waals surface area contributed by atoms with Crippen LogP contribution in [0.15, 0.2) is 12.1 Å². The maximum absolute atomic E-state index is 11.9. The second-order valence-electron chi connectivity index (χ2n) is 5.90. The van der Waals surface area contributed by atoms with Gasteiger partial charge in [-0.15, -0.1) is 0 Å². The third-order valence-corrected chi connectivity index (χ3v) is 4.92. The molecule has 0 aliphatic heterocycles. The van der Waals surface area contributed by atoms with Gasteiger partial charge < -0.3 is 14.8 Å². The summed E-state index contributed by atoms with van der Waals surface area (Å²) in [5, 5.41) is 3.68. The fourth-order valence-electron chi connectivity index (χ4n) is 2.63. The Balaban J connectivity index is 1.71. The van der Waals surface area contributed by atoms with E-state index in [1.54, 1.807) is 0 Å². The summed E-state index contributed by atoms with van der Waals surface area (Å²) in [5.74, 6) is -0.748. The van der Waals surface area contributed by atoms with Crippen molar-refractivity contribution < 1.29 is 19.1 Å². The highest BCUT2D eigenvalue weighted by molar-refractivity contribution is 6.43. The maximum atomic E-state index is 11.9. The molecule has 0 bridgehead atoms. The van der Waals surface area contributed by atoms with Gasteiger partial charge in [0.1, 0.15) is 5.75 Å². The van der Waals surface area contributed by atoms with Gasteiger partial charge in [0.2, 0.25) is 0 Å². The molecule has 0 spiro atoms. The molecule has 5 nitrogen and oxygen atoms in total. The van der Waals surface area contributed by atoms with Gasteiger partial charge in [0.25, 0.3) is 5.91 Å². The van der Waals surface area contributed by atoms with Crippen LogP contribution in [-0.2, 0) is 14.3 Å². The van der Waals surface area contributed by atoms with E-state index in [-0.39, 0.29) is 46.0 Å². The summed E-state index contributed by atoms with van der Waals surface area (Å²) >= 11 is 17.6. The highest BCUT2D eigenvalue weighted by atomic mass is 35.5. The highest BCUT2D eigenvalue weighted by Crippen LogP contribution is 2.33. The molecule has 25 heavy (non-hydrogen) atoms. The van der Waals surface area contributed by atoms with Gasteiger partial charge in [0, 0.05) is 12.1 Å². The first kappa shape index (κ1) is 20.1. The Labute approximate surface area is 161 Å². The van der Waals surface area contributed by atoms with Crippen LogP contribution < -0.4 is 10.1 Å². The topological polar surface area (TPSA) is 64.6 Å². The molecule has 0 heterocycles. The standard InChI is InChI=1S/C17H20Cl3NO4/c18-12-7-14(20)15(8-13(12)19)24-10-17(23)25-9-16(22)21-11-5-3-1-2-4-6-11/h7-8,11H,1-6,9-10H2,(H,21,22). The number of benzene rings is 1. The van der Waals surface area contributed by atoms with Crippen LogP contribution in [0.5, 0.6) is 5.75 Å². The molecule has 1 fully saturated rings. The summed E-state index contributed by atoms with van der Waals surface area (Å²) < 4.78 is 10.2. The number of hydrogen-bond donors (Lipinski definition) is 1. The largest absolute Gasteiger partial charge is 0.480 e. The number of carbonyl (C=O) groups is 2. The zero-order chi connectivity index (χ0) is 18.2. The van der Waals surface area contributed by atoms with Crippen molar-refractivity contribution in [1.29, 1.82) is 0 Å². The van der Waals surface area contributed by atoms with Crippen molar-refractivity contribution in [2.75, 3.05) is 13.2 Å². The van der Waals surface area contributed by atoms with E-state index < -0.39 is 5.97 Å². The third kappa shape index (κ3) is 6.92. The number of rotatable bonds is 6. The Kier molecular flexibility index (Phi) is 8.13. The van der Waals surface area contributed by atoms with E-state index in [1.165, 1.54) is 25.0 Å². The van der Waals surface area contributed by atoms with Crippen LogP contribution in [0.1, 0.15) is 38.5 Å². The number of amides is 1. The van der Waals surface area contributed by atoms with Crippen molar-refractivity contribution >= 4 is 46.7 Å². The molecule has 1 saturated carbocycles. The minimum Gasteiger partial charge on any atom is -0.480 e.